The zero-order chi connectivity index (χ0) is 21.7. The van der Waals surface area contributed by atoms with Crippen molar-refractivity contribution in [1.82, 2.24) is 9.62 Å². The van der Waals surface area contributed by atoms with Crippen molar-refractivity contribution in [2.45, 2.75) is 32.1 Å². The minimum Gasteiger partial charge on any atom is -0.496 e. The summed E-state index contributed by atoms with van der Waals surface area (Å²) in [6.07, 6.45) is 0.789. The van der Waals surface area contributed by atoms with Crippen molar-refractivity contribution in [3.63, 3.8) is 0 Å². The van der Waals surface area contributed by atoms with Crippen molar-refractivity contribution < 1.29 is 13.2 Å². The Morgan fingerprint density at radius 3 is 2.27 bits per heavy atom. The van der Waals surface area contributed by atoms with E-state index in [1.54, 1.807) is 19.2 Å². The molecule has 1 N–H and O–H groups in total. The van der Waals surface area contributed by atoms with Crippen LogP contribution in [0.1, 0.15) is 23.1 Å². The van der Waals surface area contributed by atoms with Crippen LogP contribution in [0.2, 0.25) is 0 Å². The first-order chi connectivity index (χ1) is 14.3. The van der Waals surface area contributed by atoms with E-state index < -0.39 is 10.0 Å². The van der Waals surface area contributed by atoms with Crippen molar-refractivity contribution in [3.8, 4) is 5.75 Å². The van der Waals surface area contributed by atoms with Crippen LogP contribution in [0.4, 0.5) is 5.69 Å². The number of anilines is 1. The number of hydrogen-bond acceptors (Lipinski definition) is 5. The van der Waals surface area contributed by atoms with Crippen LogP contribution < -0.4 is 14.4 Å². The molecule has 1 aliphatic heterocycles. The van der Waals surface area contributed by atoms with Gasteiger partial charge in [0.1, 0.15) is 5.75 Å². The molecule has 0 aliphatic carbocycles. The molecule has 1 heterocycles. The Balaban J connectivity index is 1.45. The van der Waals surface area contributed by atoms with Gasteiger partial charge in [-0.15, -0.1) is 0 Å². The standard InChI is InChI=1S/C23H33N3O3S/c1-18-7-5-8-21(15-18)26-13-11-25(12-14-26)10-6-9-24-30(27,28)22-16-19(2)23(29-4)20(3)17-22/h5,7-8,15-17,24H,6,9-14H2,1-4H3. The molecule has 0 unspecified atom stereocenters. The van der Waals surface area contributed by atoms with Gasteiger partial charge >= 0.3 is 0 Å². The maximum absolute atomic E-state index is 12.6. The fraction of sp³-hybridized carbons (Fsp3) is 0.478. The van der Waals surface area contributed by atoms with E-state index in [1.807, 2.05) is 13.8 Å². The zero-order valence-corrected chi connectivity index (χ0v) is 19.3. The maximum Gasteiger partial charge on any atom is 0.240 e. The summed E-state index contributed by atoms with van der Waals surface area (Å²) in [4.78, 5) is 5.12. The van der Waals surface area contributed by atoms with Gasteiger partial charge in [0.2, 0.25) is 10.0 Å². The molecule has 0 atom stereocenters. The Morgan fingerprint density at radius 2 is 1.67 bits per heavy atom. The molecule has 0 bridgehead atoms. The van der Waals surface area contributed by atoms with Gasteiger partial charge in [0.25, 0.3) is 0 Å². The normalized spacial score (nSPS) is 15.4. The van der Waals surface area contributed by atoms with Crippen LogP contribution in [-0.4, -0.2) is 59.7 Å². The van der Waals surface area contributed by atoms with Gasteiger partial charge in [-0.05, 0) is 74.7 Å². The molecule has 0 aromatic heterocycles. The molecule has 30 heavy (non-hydrogen) atoms. The number of ether oxygens (including phenoxy) is 1. The Bertz CT molecular complexity index is 944. The van der Waals surface area contributed by atoms with Crippen molar-refractivity contribution >= 4 is 15.7 Å². The van der Waals surface area contributed by atoms with E-state index in [1.165, 1.54) is 11.3 Å². The van der Waals surface area contributed by atoms with Crippen molar-refractivity contribution in [2.75, 3.05) is 51.3 Å². The van der Waals surface area contributed by atoms with Gasteiger partial charge in [-0.3, -0.25) is 4.90 Å². The number of hydrogen-bond donors (Lipinski definition) is 1. The quantitative estimate of drug-likeness (QED) is 0.651. The van der Waals surface area contributed by atoms with E-state index in [2.05, 4.69) is 45.7 Å². The smallest absolute Gasteiger partial charge is 0.240 e. The summed E-state index contributed by atoms with van der Waals surface area (Å²) in [6.45, 7) is 11.2. The highest BCUT2D eigenvalue weighted by atomic mass is 32.2. The fourth-order valence-electron chi connectivity index (χ4n) is 4.03. The van der Waals surface area contributed by atoms with Crippen molar-refractivity contribution in [2.24, 2.45) is 0 Å². The summed E-state index contributed by atoms with van der Waals surface area (Å²) >= 11 is 0. The number of benzene rings is 2. The predicted octanol–water partition coefficient (Wildman–Crippen LogP) is 3.11. The van der Waals surface area contributed by atoms with Crippen LogP contribution in [0.15, 0.2) is 41.3 Å². The highest BCUT2D eigenvalue weighted by Gasteiger charge is 2.19. The number of nitrogens with one attached hydrogen (secondary N) is 1. The average Bonchev–Trinajstić information content (AvgIpc) is 2.71. The van der Waals surface area contributed by atoms with Gasteiger partial charge in [-0.2, -0.15) is 0 Å². The van der Waals surface area contributed by atoms with E-state index >= 15 is 0 Å². The third-order valence-corrected chi connectivity index (χ3v) is 7.07. The molecule has 0 saturated carbocycles. The van der Waals surface area contributed by atoms with E-state index in [-0.39, 0.29) is 0 Å². The Hall–Kier alpha value is -2.09. The van der Waals surface area contributed by atoms with Gasteiger partial charge < -0.3 is 9.64 Å². The molecule has 0 spiro atoms. The lowest BCUT2D eigenvalue weighted by Crippen LogP contribution is -2.47. The molecule has 0 radical (unpaired) electrons. The van der Waals surface area contributed by atoms with Gasteiger partial charge in [0, 0.05) is 38.4 Å². The largest absolute Gasteiger partial charge is 0.496 e. The number of sulfonamides is 1. The molecule has 3 rings (SSSR count). The fourth-order valence-corrected chi connectivity index (χ4v) is 5.28. The van der Waals surface area contributed by atoms with Gasteiger partial charge in [-0.1, -0.05) is 12.1 Å². The number of aryl methyl sites for hydroxylation is 3. The van der Waals surface area contributed by atoms with Crippen molar-refractivity contribution in [1.29, 1.82) is 0 Å². The van der Waals surface area contributed by atoms with E-state index in [0.717, 1.165) is 56.0 Å². The summed E-state index contributed by atoms with van der Waals surface area (Å²) in [5.41, 5.74) is 4.21. The third kappa shape index (κ3) is 5.53. The van der Waals surface area contributed by atoms with E-state index in [0.29, 0.717) is 11.4 Å². The average molecular weight is 432 g/mol. The molecule has 1 fully saturated rings. The summed E-state index contributed by atoms with van der Waals surface area (Å²) in [7, 11) is -1.91. The highest BCUT2D eigenvalue weighted by Crippen LogP contribution is 2.26. The predicted molar refractivity (Wildman–Crippen MR) is 122 cm³/mol. The molecule has 0 amide bonds. The maximum atomic E-state index is 12.6. The second-order valence-electron chi connectivity index (χ2n) is 8.01. The topological polar surface area (TPSA) is 61.9 Å². The second kappa shape index (κ2) is 9.81. The molecule has 164 valence electrons. The van der Waals surface area contributed by atoms with Gasteiger partial charge in [-0.25, -0.2) is 13.1 Å². The van der Waals surface area contributed by atoms with Crippen molar-refractivity contribution in [3.05, 3.63) is 53.1 Å². The molecular formula is C23H33N3O3S. The van der Waals surface area contributed by atoms with E-state index in [4.69, 9.17) is 4.74 Å². The summed E-state index contributed by atoms with van der Waals surface area (Å²) in [5.74, 6) is 0.735. The number of piperazine rings is 1. The van der Waals surface area contributed by atoms with Crippen LogP contribution in [0.3, 0.4) is 0 Å². The third-order valence-electron chi connectivity index (χ3n) is 5.63. The first kappa shape index (κ1) is 22.6. The Kier molecular flexibility index (Phi) is 7.39. The van der Waals surface area contributed by atoms with Crippen LogP contribution in [-0.2, 0) is 10.0 Å². The van der Waals surface area contributed by atoms with E-state index in [9.17, 15) is 8.42 Å². The number of rotatable bonds is 8. The Morgan fingerprint density at radius 1 is 1.00 bits per heavy atom. The molecule has 2 aromatic carbocycles. The number of methoxy groups -OCH3 is 1. The number of nitrogens with zero attached hydrogens (tertiary/aromatic N) is 2. The lowest BCUT2D eigenvalue weighted by molar-refractivity contribution is 0.255. The van der Waals surface area contributed by atoms with Crippen LogP contribution >= 0.6 is 0 Å². The molecule has 1 saturated heterocycles. The zero-order valence-electron chi connectivity index (χ0n) is 18.4. The summed E-state index contributed by atoms with van der Waals surface area (Å²) < 4.78 is 33.4. The lowest BCUT2D eigenvalue weighted by Gasteiger charge is -2.36. The van der Waals surface area contributed by atoms with Crippen LogP contribution in [0, 0.1) is 20.8 Å². The highest BCUT2D eigenvalue weighted by molar-refractivity contribution is 7.89. The minimum absolute atomic E-state index is 0.296. The molecule has 7 heteroatoms. The second-order valence-corrected chi connectivity index (χ2v) is 9.78. The van der Waals surface area contributed by atoms with Crippen LogP contribution in [0.25, 0.3) is 0 Å². The van der Waals surface area contributed by atoms with Gasteiger partial charge in [0.05, 0.1) is 12.0 Å². The monoisotopic (exact) mass is 431 g/mol. The molecule has 6 nitrogen and oxygen atoms in total. The van der Waals surface area contributed by atoms with Gasteiger partial charge in [0.15, 0.2) is 0 Å². The lowest BCUT2D eigenvalue weighted by atomic mass is 10.1. The first-order valence-corrected chi connectivity index (χ1v) is 12.0. The molecular weight excluding hydrogens is 398 g/mol. The molecule has 1 aliphatic rings. The Labute approximate surface area is 180 Å². The SMILES string of the molecule is COc1c(C)cc(S(=O)(=O)NCCCN2CCN(c3cccc(C)c3)CC2)cc1C. The van der Waals surface area contributed by atoms with Crippen LogP contribution in [0.5, 0.6) is 5.75 Å². The minimum atomic E-state index is -3.51. The first-order valence-electron chi connectivity index (χ1n) is 10.5. The molecule has 2 aromatic rings. The summed E-state index contributed by atoms with van der Waals surface area (Å²) in [5, 5.41) is 0. The summed E-state index contributed by atoms with van der Waals surface area (Å²) in [6, 6.07) is 12.0.